The maximum atomic E-state index is 13.0. The van der Waals surface area contributed by atoms with Crippen LogP contribution in [0.2, 0.25) is 0 Å². The lowest BCUT2D eigenvalue weighted by atomic mass is 10.1. The van der Waals surface area contributed by atoms with E-state index in [1.807, 2.05) is 45.0 Å². The monoisotopic (exact) mass is 474 g/mol. The highest BCUT2D eigenvalue weighted by molar-refractivity contribution is 9.10. The van der Waals surface area contributed by atoms with Crippen molar-refractivity contribution in [3.8, 4) is 0 Å². The lowest BCUT2D eigenvalue weighted by Crippen LogP contribution is -2.55. The third-order valence-electron chi connectivity index (χ3n) is 4.26. The van der Waals surface area contributed by atoms with Crippen molar-refractivity contribution in [1.82, 2.24) is 10.2 Å². The fourth-order valence-corrected chi connectivity index (χ4v) is 3.23. The zero-order valence-electron chi connectivity index (χ0n) is 17.6. The highest BCUT2D eigenvalue weighted by Gasteiger charge is 2.32. The second-order valence-corrected chi connectivity index (χ2v) is 8.81. The molecule has 2 aromatic carbocycles. The van der Waals surface area contributed by atoms with Gasteiger partial charge in [0.25, 0.3) is 0 Å². The summed E-state index contributed by atoms with van der Waals surface area (Å²) in [5.74, 6) is -1.23. The summed E-state index contributed by atoms with van der Waals surface area (Å²) < 4.78 is 6.25. The summed E-state index contributed by atoms with van der Waals surface area (Å²) in [6.45, 7) is 6.90. The fourth-order valence-electron chi connectivity index (χ4n) is 2.82. The number of ether oxygens (including phenoxy) is 1. The molecule has 0 bridgehead atoms. The van der Waals surface area contributed by atoms with E-state index in [1.165, 1.54) is 11.8 Å². The van der Waals surface area contributed by atoms with Gasteiger partial charge < -0.3 is 15.0 Å². The number of hydrogen-bond donors (Lipinski definition) is 1. The van der Waals surface area contributed by atoms with Gasteiger partial charge in [-0.05, 0) is 44.5 Å². The molecule has 0 fully saturated rings. The van der Waals surface area contributed by atoms with Gasteiger partial charge in [-0.1, -0.05) is 52.3 Å². The molecule has 0 aromatic heterocycles. The maximum Gasteiger partial charge on any atom is 0.338 e. The van der Waals surface area contributed by atoms with Crippen LogP contribution in [-0.4, -0.2) is 40.9 Å². The summed E-state index contributed by atoms with van der Waals surface area (Å²) in [5.41, 5.74) is 0.720. The average Bonchev–Trinajstić information content (AvgIpc) is 2.67. The van der Waals surface area contributed by atoms with Crippen LogP contribution in [0.15, 0.2) is 59.1 Å². The van der Waals surface area contributed by atoms with E-state index in [4.69, 9.17) is 4.74 Å². The van der Waals surface area contributed by atoms with Crippen molar-refractivity contribution in [3.05, 3.63) is 70.2 Å². The second-order valence-electron chi connectivity index (χ2n) is 7.96. The molecule has 160 valence electrons. The first-order chi connectivity index (χ1) is 14.1. The van der Waals surface area contributed by atoms with E-state index in [-0.39, 0.29) is 25.0 Å². The number of rotatable bonds is 7. The van der Waals surface area contributed by atoms with Crippen molar-refractivity contribution in [2.24, 2.45) is 0 Å². The molecule has 7 heteroatoms. The fraction of sp³-hybridized carbons (Fsp3) is 0.348. The number of esters is 1. The molecule has 0 aliphatic carbocycles. The molecule has 0 spiro atoms. The normalized spacial score (nSPS) is 12.0. The molecule has 0 saturated carbocycles. The van der Waals surface area contributed by atoms with Gasteiger partial charge in [0.2, 0.25) is 11.8 Å². The minimum Gasteiger partial charge on any atom is -0.459 e. The van der Waals surface area contributed by atoms with Gasteiger partial charge in [-0.2, -0.15) is 0 Å². The molecule has 2 amide bonds. The van der Waals surface area contributed by atoms with Gasteiger partial charge in [0.15, 0.2) is 0 Å². The second kappa shape index (κ2) is 10.4. The van der Waals surface area contributed by atoms with E-state index in [9.17, 15) is 14.4 Å². The average molecular weight is 475 g/mol. The van der Waals surface area contributed by atoms with Crippen molar-refractivity contribution >= 4 is 33.7 Å². The van der Waals surface area contributed by atoms with Crippen LogP contribution in [0.1, 0.15) is 43.6 Å². The van der Waals surface area contributed by atoms with Gasteiger partial charge in [0, 0.05) is 23.5 Å². The quantitative estimate of drug-likeness (QED) is 0.616. The highest BCUT2D eigenvalue weighted by atomic mass is 79.9. The van der Waals surface area contributed by atoms with E-state index in [1.54, 1.807) is 30.3 Å². The van der Waals surface area contributed by atoms with E-state index < -0.39 is 17.6 Å². The Labute approximate surface area is 185 Å². The smallest absolute Gasteiger partial charge is 0.338 e. The third kappa shape index (κ3) is 6.99. The first-order valence-electron chi connectivity index (χ1n) is 9.63. The maximum absolute atomic E-state index is 13.0. The molecule has 0 saturated heterocycles. The Bertz CT molecular complexity index is 894. The van der Waals surface area contributed by atoms with Crippen LogP contribution < -0.4 is 5.32 Å². The number of carbonyl (C=O) groups is 3. The number of nitrogens with zero attached hydrogens (tertiary/aromatic N) is 1. The molecule has 1 N–H and O–H groups in total. The first kappa shape index (κ1) is 23.6. The zero-order valence-corrected chi connectivity index (χ0v) is 19.2. The van der Waals surface area contributed by atoms with Gasteiger partial charge in [-0.25, -0.2) is 4.79 Å². The highest BCUT2D eigenvalue weighted by Crippen LogP contribution is 2.20. The summed E-state index contributed by atoms with van der Waals surface area (Å²) in [4.78, 5) is 39.3. The van der Waals surface area contributed by atoms with Gasteiger partial charge in [-0.15, -0.1) is 0 Å². The Morgan fingerprint density at radius 1 is 1.03 bits per heavy atom. The largest absolute Gasteiger partial charge is 0.459 e. The lowest BCUT2D eigenvalue weighted by Gasteiger charge is -2.32. The molecule has 1 atom stereocenters. The van der Waals surface area contributed by atoms with Crippen LogP contribution in [0, 0.1) is 0 Å². The Morgan fingerprint density at radius 2 is 1.63 bits per heavy atom. The van der Waals surface area contributed by atoms with Crippen LogP contribution in [0.5, 0.6) is 0 Å². The molecule has 0 radical (unpaired) electrons. The molecule has 6 nitrogen and oxygen atoms in total. The number of carbonyl (C=O) groups excluding carboxylic acids is 3. The number of nitrogens with one attached hydrogen (secondary N) is 1. The molecule has 2 rings (SSSR count). The van der Waals surface area contributed by atoms with Crippen LogP contribution in [0.3, 0.4) is 0 Å². The molecule has 0 unspecified atom stereocenters. The Hall–Kier alpha value is -2.67. The number of halogens is 1. The topological polar surface area (TPSA) is 75.7 Å². The minimum absolute atomic E-state index is 0.196. The number of amides is 2. The Balaban J connectivity index is 2.27. The van der Waals surface area contributed by atoms with Gasteiger partial charge in [-0.3, -0.25) is 9.59 Å². The lowest BCUT2D eigenvalue weighted by molar-refractivity contribution is -0.142. The van der Waals surface area contributed by atoms with Gasteiger partial charge in [0.1, 0.15) is 12.6 Å². The molecule has 2 aromatic rings. The summed E-state index contributed by atoms with van der Waals surface area (Å²) in [7, 11) is 0. The predicted octanol–water partition coefficient (Wildman–Crippen LogP) is 3.94. The summed E-state index contributed by atoms with van der Waals surface area (Å²) in [6, 6.07) is 15.0. The summed E-state index contributed by atoms with van der Waals surface area (Å²) in [5, 5.41) is 2.88. The molecule has 0 aliphatic heterocycles. The first-order valence-corrected chi connectivity index (χ1v) is 10.4. The van der Waals surface area contributed by atoms with E-state index in [0.29, 0.717) is 5.56 Å². The molecule has 0 heterocycles. The third-order valence-corrected chi connectivity index (χ3v) is 5.04. The van der Waals surface area contributed by atoms with Crippen LogP contribution in [0.25, 0.3) is 0 Å². The Morgan fingerprint density at radius 3 is 2.20 bits per heavy atom. The number of benzene rings is 2. The Kier molecular flexibility index (Phi) is 8.17. The van der Waals surface area contributed by atoms with Crippen molar-refractivity contribution in [1.29, 1.82) is 0 Å². The molecular formula is C23H27BrN2O4. The predicted molar refractivity (Wildman–Crippen MR) is 119 cm³/mol. The molecular weight excluding hydrogens is 448 g/mol. The summed E-state index contributed by atoms with van der Waals surface area (Å²) in [6.07, 6.45) is 0. The standard InChI is InChI=1S/C23H27BrN2O4/c1-16(27)26(14-18-12-8-9-13-19(18)24)20(21(28)25-23(2,3)4)15-30-22(29)17-10-6-5-7-11-17/h5-13,20H,14-15H2,1-4H3,(H,25,28)/t20-/m1/s1. The minimum atomic E-state index is -0.971. The van der Waals surface area contributed by atoms with Crippen molar-refractivity contribution in [2.45, 2.75) is 45.8 Å². The number of hydrogen-bond acceptors (Lipinski definition) is 4. The van der Waals surface area contributed by atoms with Crippen molar-refractivity contribution < 1.29 is 19.1 Å². The van der Waals surface area contributed by atoms with Gasteiger partial charge in [0.05, 0.1) is 5.56 Å². The van der Waals surface area contributed by atoms with Crippen molar-refractivity contribution in [2.75, 3.05) is 6.61 Å². The summed E-state index contributed by atoms with van der Waals surface area (Å²) >= 11 is 3.48. The molecule has 0 aliphatic rings. The SMILES string of the molecule is CC(=O)N(Cc1ccccc1Br)[C@H](COC(=O)c1ccccc1)C(=O)NC(C)(C)C. The van der Waals surface area contributed by atoms with Gasteiger partial charge >= 0.3 is 5.97 Å². The molecule has 30 heavy (non-hydrogen) atoms. The van der Waals surface area contributed by atoms with E-state index in [2.05, 4.69) is 21.2 Å². The van der Waals surface area contributed by atoms with Crippen molar-refractivity contribution in [3.63, 3.8) is 0 Å². The van der Waals surface area contributed by atoms with Crippen LogP contribution in [0.4, 0.5) is 0 Å². The van der Waals surface area contributed by atoms with Crippen LogP contribution in [-0.2, 0) is 20.9 Å². The van der Waals surface area contributed by atoms with E-state index in [0.717, 1.165) is 10.0 Å². The van der Waals surface area contributed by atoms with Crippen LogP contribution >= 0.6 is 15.9 Å². The van der Waals surface area contributed by atoms with E-state index >= 15 is 0 Å². The zero-order chi connectivity index (χ0) is 22.3.